The Kier molecular flexibility index (Phi) is 5.29. The maximum absolute atomic E-state index is 10.2. The van der Waals surface area contributed by atoms with E-state index in [1.807, 2.05) is 32.0 Å². The Balaban J connectivity index is 1.91. The highest BCUT2D eigenvalue weighted by Gasteiger charge is 2.21. The number of aromatic nitrogens is 1. The molecule has 2 N–H and O–H groups in total. The van der Waals surface area contributed by atoms with Crippen LogP contribution in [0.5, 0.6) is 0 Å². The van der Waals surface area contributed by atoms with E-state index in [9.17, 15) is 5.11 Å². The average molecular weight is 290 g/mol. The van der Waals surface area contributed by atoms with Gasteiger partial charge in [-0.25, -0.2) is 4.98 Å². The number of aliphatic hydroxyl groups is 1. The summed E-state index contributed by atoms with van der Waals surface area (Å²) in [6.07, 6.45) is 1.53. The minimum atomic E-state index is -0.598. The number of hydrogen-bond donors (Lipinski definition) is 2. The molecular formula is C16H22N2OS. The van der Waals surface area contributed by atoms with Crippen molar-refractivity contribution in [2.45, 2.75) is 38.8 Å². The first-order valence-electron chi connectivity index (χ1n) is 7.10. The summed E-state index contributed by atoms with van der Waals surface area (Å²) in [5.74, 6) is 0. The lowest BCUT2D eigenvalue weighted by atomic mass is 9.98. The number of hydrogen-bond acceptors (Lipinski definition) is 4. The Bertz CT molecular complexity index is 520. The fourth-order valence-corrected chi connectivity index (χ4v) is 2.81. The van der Waals surface area contributed by atoms with Crippen LogP contribution in [-0.4, -0.2) is 22.2 Å². The molecule has 0 aliphatic carbocycles. The molecule has 2 rings (SSSR count). The summed E-state index contributed by atoms with van der Waals surface area (Å²) in [5.41, 5.74) is 1.57. The zero-order chi connectivity index (χ0) is 14.4. The second kappa shape index (κ2) is 6.97. The lowest BCUT2D eigenvalue weighted by Gasteiger charge is -2.25. The number of nitrogens with zero attached hydrogens (tertiary/aromatic N) is 1. The summed E-state index contributed by atoms with van der Waals surface area (Å²) in [4.78, 5) is 4.63. The van der Waals surface area contributed by atoms with Gasteiger partial charge in [0.1, 0.15) is 5.01 Å². The van der Waals surface area contributed by atoms with Crippen LogP contribution >= 0.6 is 11.3 Å². The lowest BCUT2D eigenvalue weighted by Crippen LogP contribution is -2.39. The van der Waals surface area contributed by atoms with Crippen LogP contribution in [0, 0.1) is 0 Å². The average Bonchev–Trinajstić information content (AvgIpc) is 2.97. The summed E-state index contributed by atoms with van der Waals surface area (Å²) in [6, 6.07) is 10.2. The zero-order valence-corrected chi connectivity index (χ0v) is 12.9. The Morgan fingerprint density at radius 1 is 1.20 bits per heavy atom. The van der Waals surface area contributed by atoms with Gasteiger partial charge >= 0.3 is 0 Å². The Hall–Kier alpha value is -1.23. The van der Waals surface area contributed by atoms with Gasteiger partial charge in [0.25, 0.3) is 0 Å². The van der Waals surface area contributed by atoms with Crippen LogP contribution in [0.4, 0.5) is 0 Å². The van der Waals surface area contributed by atoms with Crippen LogP contribution in [-0.2, 0) is 6.54 Å². The third-order valence-electron chi connectivity index (χ3n) is 3.67. The van der Waals surface area contributed by atoms with Gasteiger partial charge in [0.15, 0.2) is 0 Å². The van der Waals surface area contributed by atoms with E-state index in [2.05, 4.69) is 27.8 Å². The van der Waals surface area contributed by atoms with Gasteiger partial charge < -0.3 is 10.4 Å². The van der Waals surface area contributed by atoms with E-state index in [0.29, 0.717) is 13.1 Å². The largest absolute Gasteiger partial charge is 0.389 e. The number of benzene rings is 1. The van der Waals surface area contributed by atoms with Crippen LogP contribution in [0.15, 0.2) is 35.7 Å². The van der Waals surface area contributed by atoms with E-state index in [4.69, 9.17) is 0 Å². The highest BCUT2D eigenvalue weighted by molar-refractivity contribution is 7.09. The van der Waals surface area contributed by atoms with Gasteiger partial charge in [0.05, 0.1) is 11.3 Å². The molecule has 0 saturated heterocycles. The smallest absolute Gasteiger partial charge is 0.107 e. The Morgan fingerprint density at radius 2 is 1.90 bits per heavy atom. The second-order valence-corrected chi connectivity index (χ2v) is 5.97. The van der Waals surface area contributed by atoms with Crippen molar-refractivity contribution in [2.75, 3.05) is 6.54 Å². The molecular weight excluding hydrogens is 268 g/mol. The van der Waals surface area contributed by atoms with E-state index >= 15 is 0 Å². The third-order valence-corrected chi connectivity index (χ3v) is 4.52. The standard InChI is InChI=1S/C16H22N2OS/c1-3-16(19,4-2)12-17-10-15-18-14(11-20-15)13-8-6-5-7-9-13/h5-9,11,17,19H,3-4,10,12H2,1-2H3. The minimum absolute atomic E-state index is 0.598. The van der Waals surface area contributed by atoms with Crippen molar-refractivity contribution in [1.29, 1.82) is 0 Å². The van der Waals surface area contributed by atoms with Gasteiger partial charge in [-0.15, -0.1) is 11.3 Å². The van der Waals surface area contributed by atoms with E-state index in [1.54, 1.807) is 11.3 Å². The normalized spacial score (nSPS) is 11.8. The van der Waals surface area contributed by atoms with Crippen molar-refractivity contribution in [3.63, 3.8) is 0 Å². The van der Waals surface area contributed by atoms with Crippen molar-refractivity contribution in [1.82, 2.24) is 10.3 Å². The second-order valence-electron chi connectivity index (χ2n) is 5.03. The molecule has 0 aliphatic rings. The SMILES string of the molecule is CCC(O)(CC)CNCc1nc(-c2ccccc2)cs1. The van der Waals surface area contributed by atoms with Crippen molar-refractivity contribution in [3.8, 4) is 11.3 Å². The maximum Gasteiger partial charge on any atom is 0.107 e. The molecule has 0 radical (unpaired) electrons. The third kappa shape index (κ3) is 3.88. The van der Waals surface area contributed by atoms with Crippen molar-refractivity contribution in [3.05, 3.63) is 40.7 Å². The quantitative estimate of drug-likeness (QED) is 0.821. The van der Waals surface area contributed by atoms with Crippen LogP contribution in [0.25, 0.3) is 11.3 Å². The zero-order valence-electron chi connectivity index (χ0n) is 12.1. The highest BCUT2D eigenvalue weighted by Crippen LogP contribution is 2.21. The molecule has 2 aromatic rings. The molecule has 1 heterocycles. The van der Waals surface area contributed by atoms with E-state index in [-0.39, 0.29) is 0 Å². The highest BCUT2D eigenvalue weighted by atomic mass is 32.1. The van der Waals surface area contributed by atoms with Crippen LogP contribution < -0.4 is 5.32 Å². The van der Waals surface area contributed by atoms with Gasteiger partial charge in [0, 0.05) is 24.0 Å². The predicted octanol–water partition coefficient (Wildman–Crippen LogP) is 3.45. The van der Waals surface area contributed by atoms with Crippen LogP contribution in [0.2, 0.25) is 0 Å². The minimum Gasteiger partial charge on any atom is -0.389 e. The number of nitrogens with one attached hydrogen (secondary N) is 1. The van der Waals surface area contributed by atoms with Crippen molar-refractivity contribution in [2.24, 2.45) is 0 Å². The Labute approximate surface area is 124 Å². The predicted molar refractivity (Wildman–Crippen MR) is 84.8 cm³/mol. The molecule has 1 aromatic heterocycles. The van der Waals surface area contributed by atoms with E-state index < -0.39 is 5.60 Å². The molecule has 0 atom stereocenters. The molecule has 4 heteroatoms. The van der Waals surface area contributed by atoms with Gasteiger partial charge in [-0.2, -0.15) is 0 Å². The van der Waals surface area contributed by atoms with Crippen molar-refractivity contribution >= 4 is 11.3 Å². The lowest BCUT2D eigenvalue weighted by molar-refractivity contribution is 0.0323. The molecule has 0 bridgehead atoms. The molecule has 20 heavy (non-hydrogen) atoms. The first kappa shape index (κ1) is 15.2. The topological polar surface area (TPSA) is 45.1 Å². The molecule has 0 spiro atoms. The fourth-order valence-electron chi connectivity index (χ4n) is 2.04. The first-order valence-corrected chi connectivity index (χ1v) is 7.98. The molecule has 0 unspecified atom stereocenters. The summed E-state index contributed by atoms with van der Waals surface area (Å²) in [6.45, 7) is 5.35. The summed E-state index contributed by atoms with van der Waals surface area (Å²) < 4.78 is 0. The molecule has 0 aliphatic heterocycles. The molecule has 3 nitrogen and oxygen atoms in total. The van der Waals surface area contributed by atoms with Gasteiger partial charge in [-0.3, -0.25) is 0 Å². The van der Waals surface area contributed by atoms with Crippen molar-refractivity contribution < 1.29 is 5.11 Å². The summed E-state index contributed by atoms with van der Waals surface area (Å²) >= 11 is 1.65. The summed E-state index contributed by atoms with van der Waals surface area (Å²) in [7, 11) is 0. The number of rotatable bonds is 7. The summed E-state index contributed by atoms with van der Waals surface area (Å²) in [5, 5.41) is 16.7. The fraction of sp³-hybridized carbons (Fsp3) is 0.438. The maximum atomic E-state index is 10.2. The monoisotopic (exact) mass is 290 g/mol. The van der Waals surface area contributed by atoms with E-state index in [0.717, 1.165) is 29.1 Å². The molecule has 0 amide bonds. The van der Waals surface area contributed by atoms with Crippen LogP contribution in [0.3, 0.4) is 0 Å². The van der Waals surface area contributed by atoms with Crippen LogP contribution in [0.1, 0.15) is 31.7 Å². The first-order chi connectivity index (χ1) is 9.67. The Morgan fingerprint density at radius 3 is 2.55 bits per heavy atom. The molecule has 108 valence electrons. The van der Waals surface area contributed by atoms with E-state index in [1.165, 1.54) is 0 Å². The number of thiazole rings is 1. The van der Waals surface area contributed by atoms with Gasteiger partial charge in [-0.05, 0) is 12.8 Å². The molecule has 0 fully saturated rings. The molecule has 0 saturated carbocycles. The van der Waals surface area contributed by atoms with Gasteiger partial charge in [0.2, 0.25) is 0 Å². The molecule has 1 aromatic carbocycles. The van der Waals surface area contributed by atoms with Gasteiger partial charge in [-0.1, -0.05) is 44.2 Å².